The van der Waals surface area contributed by atoms with Crippen molar-refractivity contribution in [2.75, 3.05) is 19.6 Å². The lowest BCUT2D eigenvalue weighted by atomic mass is 9.82. The van der Waals surface area contributed by atoms with E-state index in [0.717, 1.165) is 17.7 Å². The second kappa shape index (κ2) is 6.41. The van der Waals surface area contributed by atoms with E-state index < -0.39 is 12.7 Å². The number of hydrogen-bond acceptors (Lipinski definition) is 2. The first-order valence-corrected chi connectivity index (χ1v) is 6.39. The molecule has 3 nitrogen and oxygen atoms in total. The Morgan fingerprint density at radius 3 is 2.28 bits per heavy atom. The van der Waals surface area contributed by atoms with Gasteiger partial charge in [-0.2, -0.15) is 13.2 Å². The topological polar surface area (TPSA) is 46.3 Å². The summed E-state index contributed by atoms with van der Waals surface area (Å²) < 4.78 is 37.2. The molecule has 0 aromatic carbocycles. The van der Waals surface area contributed by atoms with E-state index in [1.54, 1.807) is 0 Å². The van der Waals surface area contributed by atoms with Crippen LogP contribution in [-0.4, -0.2) is 36.6 Å². The van der Waals surface area contributed by atoms with Crippen molar-refractivity contribution in [1.82, 2.24) is 4.90 Å². The van der Waals surface area contributed by atoms with Gasteiger partial charge in [0, 0.05) is 19.0 Å². The van der Waals surface area contributed by atoms with E-state index in [4.69, 9.17) is 5.73 Å². The van der Waals surface area contributed by atoms with Gasteiger partial charge >= 0.3 is 6.18 Å². The molecule has 0 bridgehead atoms. The van der Waals surface area contributed by atoms with Crippen LogP contribution < -0.4 is 5.73 Å². The number of carbonyl (C=O) groups excluding carboxylic acids is 1. The first kappa shape index (κ1) is 15.3. The monoisotopic (exact) mass is 266 g/mol. The van der Waals surface area contributed by atoms with Gasteiger partial charge in [0.25, 0.3) is 0 Å². The van der Waals surface area contributed by atoms with E-state index >= 15 is 0 Å². The Morgan fingerprint density at radius 1 is 1.28 bits per heavy atom. The number of nitrogens with zero attached hydrogens (tertiary/aromatic N) is 1. The van der Waals surface area contributed by atoms with E-state index in [1.165, 1.54) is 0 Å². The van der Waals surface area contributed by atoms with Crippen LogP contribution in [0.25, 0.3) is 0 Å². The van der Waals surface area contributed by atoms with Gasteiger partial charge in [0.1, 0.15) is 6.54 Å². The van der Waals surface area contributed by atoms with Crippen LogP contribution in [0.1, 0.15) is 32.6 Å². The van der Waals surface area contributed by atoms with Crippen LogP contribution in [0.3, 0.4) is 0 Å². The Labute approximate surface area is 106 Å². The quantitative estimate of drug-likeness (QED) is 0.847. The number of hydrogen-bond donors (Lipinski definition) is 1. The second-order valence-electron chi connectivity index (χ2n) is 5.12. The number of carbonyl (C=O) groups is 1. The maximum absolute atomic E-state index is 12.4. The van der Waals surface area contributed by atoms with Crippen LogP contribution in [0.5, 0.6) is 0 Å². The fourth-order valence-electron chi connectivity index (χ4n) is 2.40. The molecule has 0 aromatic heterocycles. The summed E-state index contributed by atoms with van der Waals surface area (Å²) in [5.74, 6) is -0.0700. The van der Waals surface area contributed by atoms with Gasteiger partial charge in [0.15, 0.2) is 0 Å². The zero-order valence-electron chi connectivity index (χ0n) is 10.7. The minimum atomic E-state index is -4.35. The molecule has 0 spiro atoms. The predicted octanol–water partition coefficient (Wildman–Crippen LogP) is 2.16. The fourth-order valence-corrected chi connectivity index (χ4v) is 2.40. The van der Waals surface area contributed by atoms with E-state index in [2.05, 4.69) is 6.92 Å². The molecule has 6 heteroatoms. The van der Waals surface area contributed by atoms with Crippen LogP contribution in [0, 0.1) is 11.8 Å². The zero-order valence-corrected chi connectivity index (χ0v) is 10.7. The molecular formula is C12H21F3N2O. The molecule has 0 saturated heterocycles. The van der Waals surface area contributed by atoms with Crippen molar-refractivity contribution in [2.45, 2.75) is 38.8 Å². The third-order valence-electron chi connectivity index (χ3n) is 3.45. The lowest BCUT2D eigenvalue weighted by molar-refractivity contribution is -0.164. The van der Waals surface area contributed by atoms with Crippen LogP contribution in [0.2, 0.25) is 0 Å². The van der Waals surface area contributed by atoms with Gasteiger partial charge in [-0.25, -0.2) is 0 Å². The summed E-state index contributed by atoms with van der Waals surface area (Å²) in [7, 11) is 0. The molecule has 18 heavy (non-hydrogen) atoms. The van der Waals surface area contributed by atoms with Crippen molar-refractivity contribution < 1.29 is 18.0 Å². The summed E-state index contributed by atoms with van der Waals surface area (Å²) in [6.07, 6.45) is -1.14. The lowest BCUT2D eigenvalue weighted by Crippen LogP contribution is -2.45. The highest BCUT2D eigenvalue weighted by Gasteiger charge is 2.35. The molecule has 0 atom stereocenters. The normalized spacial score (nSPS) is 24.9. The molecule has 0 radical (unpaired) electrons. The van der Waals surface area contributed by atoms with Crippen LogP contribution in [0.15, 0.2) is 0 Å². The summed E-state index contributed by atoms with van der Waals surface area (Å²) in [5, 5.41) is 0. The predicted molar refractivity (Wildman–Crippen MR) is 62.8 cm³/mol. The molecule has 106 valence electrons. The molecule has 0 heterocycles. The van der Waals surface area contributed by atoms with Gasteiger partial charge in [0.05, 0.1) is 0 Å². The number of halogens is 3. The van der Waals surface area contributed by atoms with E-state index in [0.29, 0.717) is 18.8 Å². The Kier molecular flexibility index (Phi) is 5.44. The van der Waals surface area contributed by atoms with Crippen molar-refractivity contribution >= 4 is 5.91 Å². The average Bonchev–Trinajstić information content (AvgIpc) is 2.27. The van der Waals surface area contributed by atoms with Gasteiger partial charge in [-0.05, 0) is 31.6 Å². The molecule has 0 aromatic rings. The molecule has 1 saturated carbocycles. The van der Waals surface area contributed by atoms with Crippen molar-refractivity contribution in [3.05, 3.63) is 0 Å². The summed E-state index contributed by atoms with van der Waals surface area (Å²) in [5.41, 5.74) is 5.28. The van der Waals surface area contributed by atoms with Crippen molar-refractivity contribution in [2.24, 2.45) is 17.6 Å². The molecule has 1 aliphatic carbocycles. The summed E-state index contributed by atoms with van der Waals surface area (Å²) in [6.45, 7) is 0.957. The highest BCUT2D eigenvalue weighted by molar-refractivity contribution is 5.79. The molecule has 1 rings (SSSR count). The first-order valence-electron chi connectivity index (χ1n) is 6.39. The Bertz CT molecular complexity index is 273. The third kappa shape index (κ3) is 4.84. The Morgan fingerprint density at radius 2 is 1.83 bits per heavy atom. The minimum absolute atomic E-state index is 0.0234. The maximum atomic E-state index is 12.4. The summed E-state index contributed by atoms with van der Waals surface area (Å²) in [6, 6.07) is 0. The number of rotatable bonds is 4. The Hall–Kier alpha value is -0.780. The average molecular weight is 266 g/mol. The van der Waals surface area contributed by atoms with Crippen molar-refractivity contribution in [1.29, 1.82) is 0 Å². The number of alkyl halides is 3. The zero-order chi connectivity index (χ0) is 13.8. The highest BCUT2D eigenvalue weighted by atomic mass is 19.4. The molecule has 2 N–H and O–H groups in total. The molecule has 0 aliphatic heterocycles. The molecule has 1 fully saturated rings. The molecule has 1 aliphatic rings. The maximum Gasteiger partial charge on any atom is 0.406 e. The van der Waals surface area contributed by atoms with Crippen molar-refractivity contribution in [3.8, 4) is 0 Å². The molecule has 1 amide bonds. The minimum Gasteiger partial charge on any atom is -0.332 e. The van der Waals surface area contributed by atoms with E-state index in [-0.39, 0.29) is 24.9 Å². The molecule has 0 unspecified atom stereocenters. The number of amides is 1. The highest BCUT2D eigenvalue weighted by Crippen LogP contribution is 2.30. The van der Waals surface area contributed by atoms with E-state index in [9.17, 15) is 18.0 Å². The van der Waals surface area contributed by atoms with Crippen LogP contribution >= 0.6 is 0 Å². The Balaban J connectivity index is 2.59. The van der Waals surface area contributed by atoms with Gasteiger partial charge in [0.2, 0.25) is 5.91 Å². The third-order valence-corrected chi connectivity index (χ3v) is 3.45. The second-order valence-corrected chi connectivity index (χ2v) is 5.12. The lowest BCUT2D eigenvalue weighted by Gasteiger charge is -2.31. The first-order chi connectivity index (χ1) is 8.33. The van der Waals surface area contributed by atoms with Gasteiger partial charge in [-0.1, -0.05) is 6.92 Å². The van der Waals surface area contributed by atoms with Gasteiger partial charge in [-0.3, -0.25) is 4.79 Å². The van der Waals surface area contributed by atoms with Crippen molar-refractivity contribution in [3.63, 3.8) is 0 Å². The van der Waals surface area contributed by atoms with Gasteiger partial charge < -0.3 is 10.6 Å². The summed E-state index contributed by atoms with van der Waals surface area (Å²) >= 11 is 0. The molecular weight excluding hydrogens is 245 g/mol. The summed E-state index contributed by atoms with van der Waals surface area (Å²) in [4.78, 5) is 12.9. The number of nitrogens with two attached hydrogens (primary N) is 1. The largest absolute Gasteiger partial charge is 0.406 e. The standard InChI is InChI=1S/C12H21F3N2O/c1-9-2-4-10(5-3-9)11(18)17(7-6-16)8-12(13,14)15/h9-10H,2-8,16H2,1H3. The SMILES string of the molecule is CC1CCC(C(=O)N(CCN)CC(F)(F)F)CC1. The van der Waals surface area contributed by atoms with Crippen LogP contribution in [-0.2, 0) is 4.79 Å². The smallest absolute Gasteiger partial charge is 0.332 e. The van der Waals surface area contributed by atoms with Crippen LogP contribution in [0.4, 0.5) is 13.2 Å². The fraction of sp³-hybridized carbons (Fsp3) is 0.917. The van der Waals surface area contributed by atoms with E-state index in [1.807, 2.05) is 0 Å². The van der Waals surface area contributed by atoms with Gasteiger partial charge in [-0.15, -0.1) is 0 Å².